The quantitative estimate of drug-likeness (QED) is 0.341. The van der Waals surface area contributed by atoms with Crippen LogP contribution in [0.5, 0.6) is 11.5 Å². The van der Waals surface area contributed by atoms with Crippen molar-refractivity contribution in [2.24, 2.45) is 0 Å². The summed E-state index contributed by atoms with van der Waals surface area (Å²) in [7, 11) is 0.866. The van der Waals surface area contributed by atoms with Gasteiger partial charge in [-0.3, -0.25) is 4.79 Å². The molecule has 0 aliphatic rings. The highest BCUT2D eigenvalue weighted by atomic mass is 31.1. The van der Waals surface area contributed by atoms with Crippen molar-refractivity contribution in [3.8, 4) is 11.5 Å². The van der Waals surface area contributed by atoms with E-state index in [9.17, 15) is 9.36 Å². The van der Waals surface area contributed by atoms with Crippen LogP contribution in [0.25, 0.3) is 10.8 Å². The first-order chi connectivity index (χ1) is 14.6. The van der Waals surface area contributed by atoms with E-state index in [4.69, 9.17) is 9.47 Å². The summed E-state index contributed by atoms with van der Waals surface area (Å²) >= 11 is 0. The van der Waals surface area contributed by atoms with Crippen LogP contribution in [0, 0.1) is 0 Å². The summed E-state index contributed by atoms with van der Waals surface area (Å²) in [5, 5.41) is 3.15. The predicted octanol–water partition coefficient (Wildman–Crippen LogP) is 4.60. The van der Waals surface area contributed by atoms with Crippen LogP contribution in [0.3, 0.4) is 0 Å². The molecular weight excluding hydrogens is 395 g/mol. The van der Waals surface area contributed by atoms with E-state index in [0.29, 0.717) is 27.9 Å². The van der Waals surface area contributed by atoms with Gasteiger partial charge in [0.25, 0.3) is 0 Å². The van der Waals surface area contributed by atoms with E-state index in [1.807, 2.05) is 60.7 Å². The zero-order chi connectivity index (χ0) is 21.1. The molecule has 0 saturated carbocycles. The highest BCUT2D eigenvalue weighted by Gasteiger charge is 2.23. The standard InChI is InChI=1S/C25H21O4P/c1-28-22-16-17-9-6-7-14-21(17)25(29-2)23(22)24(26)18-10-8-13-20(15-18)30(27)19-11-4-3-5-12-19/h3-16,30H,1-2H3. The van der Waals surface area contributed by atoms with Gasteiger partial charge in [-0.05, 0) is 17.5 Å². The lowest BCUT2D eigenvalue weighted by Gasteiger charge is -2.15. The van der Waals surface area contributed by atoms with Crippen molar-refractivity contribution in [1.29, 1.82) is 0 Å². The molecule has 0 fully saturated rings. The Morgan fingerprint density at radius 2 is 1.47 bits per heavy atom. The number of benzene rings is 4. The maximum atomic E-state index is 13.5. The summed E-state index contributed by atoms with van der Waals surface area (Å²) in [5.41, 5.74) is 0.795. The maximum absolute atomic E-state index is 13.5. The highest BCUT2D eigenvalue weighted by molar-refractivity contribution is 7.61. The van der Waals surface area contributed by atoms with Gasteiger partial charge in [0.05, 0.1) is 14.2 Å². The fourth-order valence-electron chi connectivity index (χ4n) is 3.58. The van der Waals surface area contributed by atoms with Gasteiger partial charge in [0.15, 0.2) is 0 Å². The summed E-state index contributed by atoms with van der Waals surface area (Å²) in [6, 6.07) is 25.8. The summed E-state index contributed by atoms with van der Waals surface area (Å²) in [4.78, 5) is 13.5. The monoisotopic (exact) mass is 416 g/mol. The van der Waals surface area contributed by atoms with Crippen LogP contribution in [0.4, 0.5) is 0 Å². The zero-order valence-corrected chi connectivity index (χ0v) is 17.7. The molecule has 0 radical (unpaired) electrons. The van der Waals surface area contributed by atoms with Crippen molar-refractivity contribution in [1.82, 2.24) is 0 Å². The first-order valence-electron chi connectivity index (χ1n) is 9.52. The van der Waals surface area contributed by atoms with E-state index in [2.05, 4.69) is 0 Å². The van der Waals surface area contributed by atoms with Gasteiger partial charge < -0.3 is 14.0 Å². The lowest BCUT2D eigenvalue weighted by molar-refractivity contribution is 0.103. The number of hydrogen-bond donors (Lipinski definition) is 0. The molecular formula is C25H21O4P. The summed E-state index contributed by atoms with van der Waals surface area (Å²) in [6.07, 6.45) is 0. The Hall–Kier alpha value is -3.36. The van der Waals surface area contributed by atoms with Crippen LogP contribution in [0.2, 0.25) is 0 Å². The topological polar surface area (TPSA) is 52.6 Å². The van der Waals surface area contributed by atoms with E-state index >= 15 is 0 Å². The Bertz CT molecular complexity index is 1250. The Morgan fingerprint density at radius 3 is 2.20 bits per heavy atom. The number of rotatable bonds is 6. The predicted molar refractivity (Wildman–Crippen MR) is 122 cm³/mol. The van der Waals surface area contributed by atoms with Crippen molar-refractivity contribution in [3.63, 3.8) is 0 Å². The van der Waals surface area contributed by atoms with Crippen LogP contribution in [0.15, 0.2) is 84.9 Å². The van der Waals surface area contributed by atoms with Gasteiger partial charge >= 0.3 is 0 Å². The van der Waals surface area contributed by atoms with Gasteiger partial charge in [0.2, 0.25) is 5.78 Å². The molecule has 0 aliphatic heterocycles. The molecule has 0 aromatic heterocycles. The summed E-state index contributed by atoms with van der Waals surface area (Å²) in [6.45, 7) is 0. The van der Waals surface area contributed by atoms with Gasteiger partial charge in [-0.2, -0.15) is 0 Å². The lowest BCUT2D eigenvalue weighted by Crippen LogP contribution is -2.11. The van der Waals surface area contributed by atoms with Crippen molar-refractivity contribution >= 4 is 35.0 Å². The smallest absolute Gasteiger partial charge is 0.200 e. The van der Waals surface area contributed by atoms with Gasteiger partial charge in [-0.1, -0.05) is 72.8 Å². The first kappa shape index (κ1) is 19.9. The van der Waals surface area contributed by atoms with Crippen LogP contribution in [-0.4, -0.2) is 20.0 Å². The van der Waals surface area contributed by atoms with Crippen molar-refractivity contribution in [3.05, 3.63) is 96.1 Å². The summed E-state index contributed by atoms with van der Waals surface area (Å²) < 4.78 is 24.2. The number of ether oxygens (including phenoxy) is 2. The molecule has 5 heteroatoms. The molecule has 0 spiro atoms. The average molecular weight is 416 g/mol. The van der Waals surface area contributed by atoms with Gasteiger partial charge in [0, 0.05) is 21.6 Å². The molecule has 1 atom stereocenters. The molecule has 1 unspecified atom stereocenters. The number of ketones is 1. The van der Waals surface area contributed by atoms with Crippen molar-refractivity contribution < 1.29 is 18.8 Å². The maximum Gasteiger partial charge on any atom is 0.200 e. The Morgan fingerprint density at radius 1 is 0.767 bits per heavy atom. The van der Waals surface area contributed by atoms with Gasteiger partial charge in [-0.15, -0.1) is 0 Å². The molecule has 4 aromatic rings. The number of carbonyl (C=O) groups excluding carboxylic acids is 1. The molecule has 0 heterocycles. The Balaban J connectivity index is 1.82. The third-order valence-electron chi connectivity index (χ3n) is 5.04. The number of hydrogen-bond acceptors (Lipinski definition) is 4. The number of carbonyl (C=O) groups is 1. The zero-order valence-electron chi connectivity index (χ0n) is 16.7. The van der Waals surface area contributed by atoms with E-state index in [1.165, 1.54) is 7.11 Å². The van der Waals surface area contributed by atoms with Crippen LogP contribution in [-0.2, 0) is 4.57 Å². The second kappa shape index (κ2) is 8.56. The molecule has 0 amide bonds. The van der Waals surface area contributed by atoms with E-state index < -0.39 is 7.80 Å². The fourth-order valence-corrected chi connectivity index (χ4v) is 4.94. The SMILES string of the molecule is COc1cc2ccccc2c(OC)c1C(=O)c1cccc([PH](=O)c2ccccc2)c1. The van der Waals surface area contributed by atoms with Crippen LogP contribution >= 0.6 is 7.80 Å². The summed E-state index contributed by atoms with van der Waals surface area (Å²) in [5.74, 6) is 0.673. The third kappa shape index (κ3) is 3.62. The third-order valence-corrected chi connectivity index (χ3v) is 6.73. The molecule has 4 rings (SSSR count). The molecule has 0 saturated heterocycles. The second-order valence-corrected chi connectivity index (χ2v) is 8.63. The minimum Gasteiger partial charge on any atom is -0.496 e. The minimum atomic E-state index is -2.21. The fraction of sp³-hybridized carbons (Fsp3) is 0.0800. The normalized spacial score (nSPS) is 11.8. The molecule has 4 nitrogen and oxygen atoms in total. The molecule has 0 bridgehead atoms. The molecule has 4 aromatic carbocycles. The van der Waals surface area contributed by atoms with Gasteiger partial charge in [0.1, 0.15) is 24.9 Å². The number of methoxy groups -OCH3 is 2. The van der Waals surface area contributed by atoms with Crippen molar-refractivity contribution in [2.75, 3.05) is 14.2 Å². The number of fused-ring (bicyclic) bond motifs is 1. The van der Waals surface area contributed by atoms with E-state index in [1.54, 1.807) is 31.4 Å². The van der Waals surface area contributed by atoms with E-state index in [0.717, 1.165) is 16.1 Å². The molecule has 0 aliphatic carbocycles. The minimum absolute atomic E-state index is 0.237. The molecule has 30 heavy (non-hydrogen) atoms. The Labute approximate surface area is 175 Å². The van der Waals surface area contributed by atoms with E-state index in [-0.39, 0.29) is 5.78 Å². The highest BCUT2D eigenvalue weighted by Crippen LogP contribution is 2.38. The van der Waals surface area contributed by atoms with Crippen molar-refractivity contribution in [2.45, 2.75) is 0 Å². The average Bonchev–Trinajstić information content (AvgIpc) is 2.82. The van der Waals surface area contributed by atoms with Crippen LogP contribution < -0.4 is 20.1 Å². The second-order valence-electron chi connectivity index (χ2n) is 6.81. The first-order valence-corrected chi connectivity index (χ1v) is 10.9. The molecule has 150 valence electrons. The van der Waals surface area contributed by atoms with Crippen LogP contribution in [0.1, 0.15) is 15.9 Å². The van der Waals surface area contributed by atoms with Gasteiger partial charge in [-0.25, -0.2) is 0 Å². The lowest BCUT2D eigenvalue weighted by atomic mass is 9.97. The molecule has 0 N–H and O–H groups in total. The largest absolute Gasteiger partial charge is 0.496 e. The Kier molecular flexibility index (Phi) is 5.69.